The maximum absolute atomic E-state index is 14.5. The number of rotatable bonds is 6. The summed E-state index contributed by atoms with van der Waals surface area (Å²) in [6.07, 6.45) is 11.3. The van der Waals surface area contributed by atoms with E-state index in [1.807, 2.05) is 22.1 Å². The van der Waals surface area contributed by atoms with Gasteiger partial charge in [0.1, 0.15) is 46.6 Å². The molecule has 9 heterocycles. The van der Waals surface area contributed by atoms with Gasteiger partial charge in [-0.25, -0.2) is 41.5 Å². The Labute approximate surface area is 372 Å². The van der Waals surface area contributed by atoms with E-state index in [1.165, 1.54) is 28.9 Å². The lowest BCUT2D eigenvalue weighted by molar-refractivity contribution is -0.123. The third-order valence-corrected chi connectivity index (χ3v) is 12.5. The average molecular weight is 944 g/mol. The molecule has 3 saturated heterocycles. The second kappa shape index (κ2) is 18.5. The van der Waals surface area contributed by atoms with Gasteiger partial charge in [-0.05, 0) is 74.2 Å². The number of imidazole rings is 1. The topological polar surface area (TPSA) is 181 Å². The van der Waals surface area contributed by atoms with Gasteiger partial charge in [0, 0.05) is 49.5 Å². The third kappa shape index (κ3) is 8.81. The molecule has 4 N–H and O–H groups in total. The van der Waals surface area contributed by atoms with Gasteiger partial charge in [-0.1, -0.05) is 15.9 Å². The molecule has 11 rings (SSSR count). The van der Waals surface area contributed by atoms with E-state index in [-0.39, 0.29) is 28.5 Å². The van der Waals surface area contributed by atoms with Crippen LogP contribution in [0, 0.1) is 28.7 Å². The minimum Gasteiger partial charge on any atom is -0.384 e. The number of fused-ring (bicyclic) bond motifs is 3. The van der Waals surface area contributed by atoms with Crippen molar-refractivity contribution in [1.82, 2.24) is 39.2 Å². The van der Waals surface area contributed by atoms with E-state index in [1.54, 1.807) is 23.0 Å². The van der Waals surface area contributed by atoms with Crippen LogP contribution < -0.4 is 15.5 Å². The number of nitrogens with one attached hydrogen (secondary N) is 2. The van der Waals surface area contributed by atoms with E-state index in [4.69, 9.17) is 30.6 Å². The van der Waals surface area contributed by atoms with Crippen LogP contribution >= 0.6 is 15.9 Å². The Bertz CT molecular complexity index is 2830. The van der Waals surface area contributed by atoms with Gasteiger partial charge in [0.15, 0.2) is 17.1 Å². The summed E-state index contributed by atoms with van der Waals surface area (Å²) in [7, 11) is 0. The molecular formula is C44H43BrF4N12O3. The van der Waals surface area contributed by atoms with Crippen molar-refractivity contribution in [3.63, 3.8) is 0 Å². The molecule has 1 unspecified atom stereocenters. The SMILES string of the molecule is Fc1ccc(F)c([C@H]2CCCN2c2ccn3ncc(-c4nc5c([nH]4)COCC5)c3n2)c1.N=C(N)c1cnn2ccc(N3CCC[C@@H]3c3cc(F)ccc3F)nc12.O=C1CCOCC1Br. The fourth-order valence-corrected chi connectivity index (χ4v) is 8.93. The molecule has 15 nitrogen and oxygen atoms in total. The number of ether oxygens (including phenoxy) is 2. The van der Waals surface area contributed by atoms with Gasteiger partial charge in [0.2, 0.25) is 0 Å². The summed E-state index contributed by atoms with van der Waals surface area (Å²) in [6.45, 7) is 3.74. The highest BCUT2D eigenvalue weighted by Crippen LogP contribution is 2.39. The lowest BCUT2D eigenvalue weighted by Gasteiger charge is -2.26. The number of halogens is 5. The molecular weight excluding hydrogens is 900 g/mol. The summed E-state index contributed by atoms with van der Waals surface area (Å²) in [5.41, 5.74) is 10.6. The molecule has 0 bridgehead atoms. The Hall–Kier alpha value is -6.25. The standard InChI is InChI=1S/C22H20F2N6O.C17H16F2N6.C5H7BrO2/c23-13-3-4-16(24)14(10-13)19-2-1-7-29(19)20-5-8-30-22(28-20)15(11-25-30)21-26-17-6-9-31-12-18(17)27-21;18-10-3-4-13(19)11(8-10)14-2-1-6-24(14)15-5-7-25-17(23-15)12(9-22-25)16(20)21;6-4-3-8-2-1-5(4)7/h3-5,8,10-11,19H,1-2,6-7,9,12H2,(H,26,27);3-5,7-9,14H,1-2,6H2,(H3,20,21);4H,1-3H2/t19-;14-;/m11./s1. The quantitative estimate of drug-likeness (QED) is 0.0665. The average Bonchev–Trinajstić information content (AvgIpc) is 4.15. The van der Waals surface area contributed by atoms with Crippen molar-refractivity contribution in [2.75, 3.05) is 42.7 Å². The van der Waals surface area contributed by atoms with Crippen molar-refractivity contribution in [3.05, 3.63) is 125 Å². The number of alkyl halides is 1. The molecule has 0 amide bonds. The van der Waals surface area contributed by atoms with Crippen LogP contribution in [0.25, 0.3) is 22.7 Å². The number of nitrogens with zero attached hydrogens (tertiary/aromatic N) is 9. The summed E-state index contributed by atoms with van der Waals surface area (Å²) in [5, 5.41) is 16.1. The summed E-state index contributed by atoms with van der Waals surface area (Å²) >= 11 is 3.18. The Balaban J connectivity index is 0.000000141. The van der Waals surface area contributed by atoms with Gasteiger partial charge in [0.05, 0.1) is 78.2 Å². The molecule has 2 aromatic carbocycles. The summed E-state index contributed by atoms with van der Waals surface area (Å²) in [6, 6.07) is 10.2. The first-order chi connectivity index (χ1) is 31.0. The molecule has 64 heavy (non-hydrogen) atoms. The first-order valence-electron chi connectivity index (χ1n) is 20.9. The minimum atomic E-state index is -0.457. The number of carbonyl (C=O) groups is 1. The largest absolute Gasteiger partial charge is 0.384 e. The summed E-state index contributed by atoms with van der Waals surface area (Å²) < 4.78 is 69.8. The van der Waals surface area contributed by atoms with Crippen molar-refractivity contribution in [2.24, 2.45) is 5.73 Å². The van der Waals surface area contributed by atoms with Gasteiger partial charge in [-0.15, -0.1) is 0 Å². The third-order valence-electron chi connectivity index (χ3n) is 11.7. The first-order valence-corrected chi connectivity index (χ1v) is 21.8. The molecule has 4 aliphatic heterocycles. The van der Waals surface area contributed by atoms with Crippen molar-refractivity contribution in [3.8, 4) is 11.4 Å². The number of ketones is 1. The van der Waals surface area contributed by atoms with Crippen LogP contribution in [0.1, 0.15) is 72.3 Å². The molecule has 3 fully saturated rings. The maximum atomic E-state index is 14.5. The molecule has 0 saturated carbocycles. The molecule has 0 radical (unpaired) electrons. The number of amidine groups is 1. The van der Waals surface area contributed by atoms with E-state index < -0.39 is 23.3 Å². The zero-order valence-electron chi connectivity index (χ0n) is 34.4. The fraction of sp³-hybridized carbons (Fsp3) is 0.341. The summed E-state index contributed by atoms with van der Waals surface area (Å²) in [4.78, 5) is 32.1. The number of carbonyl (C=O) groups excluding carboxylic acids is 1. The second-order valence-corrected chi connectivity index (χ2v) is 16.8. The highest BCUT2D eigenvalue weighted by molar-refractivity contribution is 9.10. The van der Waals surface area contributed by atoms with Gasteiger partial charge in [-0.2, -0.15) is 10.2 Å². The molecule has 0 spiro atoms. The molecule has 7 aromatic rings. The van der Waals surface area contributed by atoms with Gasteiger partial charge >= 0.3 is 0 Å². The van der Waals surface area contributed by atoms with Crippen molar-refractivity contribution in [2.45, 2.75) is 62.0 Å². The monoisotopic (exact) mass is 942 g/mol. The number of hydrogen-bond acceptors (Lipinski definition) is 11. The number of Topliss-reactive ketones (excluding diaryl/α,β-unsaturated/α-hetero) is 1. The fourth-order valence-electron chi connectivity index (χ4n) is 8.52. The smallest absolute Gasteiger partial charge is 0.168 e. The van der Waals surface area contributed by atoms with Crippen LogP contribution in [0.3, 0.4) is 0 Å². The number of anilines is 2. The highest BCUT2D eigenvalue weighted by atomic mass is 79.9. The predicted octanol–water partition coefficient (Wildman–Crippen LogP) is 7.18. The molecule has 0 aliphatic carbocycles. The van der Waals surface area contributed by atoms with E-state index in [0.29, 0.717) is 91.3 Å². The van der Waals surface area contributed by atoms with Crippen molar-refractivity contribution < 1.29 is 31.8 Å². The van der Waals surface area contributed by atoms with Crippen LogP contribution in [-0.4, -0.2) is 88.5 Å². The number of benzene rings is 2. The van der Waals surface area contributed by atoms with Gasteiger partial charge in [-0.3, -0.25) is 10.2 Å². The van der Waals surface area contributed by atoms with Crippen LogP contribution in [0.15, 0.2) is 73.3 Å². The summed E-state index contributed by atoms with van der Waals surface area (Å²) in [5.74, 6) is 0.480. The first kappa shape index (κ1) is 43.0. The number of aromatic amines is 1. The van der Waals surface area contributed by atoms with Crippen LogP contribution in [0.5, 0.6) is 0 Å². The van der Waals surface area contributed by atoms with Crippen LogP contribution in [0.2, 0.25) is 0 Å². The van der Waals surface area contributed by atoms with Gasteiger partial charge < -0.3 is 30.0 Å². The maximum Gasteiger partial charge on any atom is 0.168 e. The Kier molecular flexibility index (Phi) is 12.4. The number of hydrogen-bond donors (Lipinski definition) is 3. The zero-order chi connectivity index (χ0) is 44.5. The number of H-pyrrole nitrogens is 1. The number of nitrogen functional groups attached to an aromatic ring is 1. The molecule has 20 heteroatoms. The zero-order valence-corrected chi connectivity index (χ0v) is 35.9. The second-order valence-electron chi connectivity index (χ2n) is 15.7. The minimum absolute atomic E-state index is 0.0451. The van der Waals surface area contributed by atoms with Crippen molar-refractivity contribution >= 4 is 50.5 Å². The predicted molar refractivity (Wildman–Crippen MR) is 232 cm³/mol. The normalized spacial score (nSPS) is 19.6. The molecule has 4 aliphatic rings. The van der Waals surface area contributed by atoms with E-state index >= 15 is 0 Å². The molecule has 5 aromatic heterocycles. The van der Waals surface area contributed by atoms with E-state index in [0.717, 1.165) is 67.4 Å². The highest BCUT2D eigenvalue weighted by Gasteiger charge is 2.32. The number of aromatic nitrogens is 8. The lowest BCUT2D eigenvalue weighted by atomic mass is 10.0. The lowest BCUT2D eigenvalue weighted by Crippen LogP contribution is -2.27. The Morgan fingerprint density at radius 1 is 0.781 bits per heavy atom. The van der Waals surface area contributed by atoms with E-state index in [2.05, 4.69) is 36.1 Å². The Morgan fingerprint density at radius 2 is 1.38 bits per heavy atom. The van der Waals surface area contributed by atoms with E-state index in [9.17, 15) is 22.4 Å². The molecule has 3 atom stereocenters. The van der Waals surface area contributed by atoms with Crippen LogP contribution in [0.4, 0.5) is 29.2 Å². The number of nitrogens with two attached hydrogens (primary N) is 1. The van der Waals surface area contributed by atoms with Gasteiger partial charge in [0.25, 0.3) is 0 Å². The van der Waals surface area contributed by atoms with Crippen LogP contribution in [-0.2, 0) is 27.3 Å². The molecule has 332 valence electrons. The van der Waals surface area contributed by atoms with Crippen molar-refractivity contribution in [1.29, 1.82) is 5.41 Å². The Morgan fingerprint density at radius 3 is 1.95 bits per heavy atom.